The summed E-state index contributed by atoms with van der Waals surface area (Å²) < 4.78 is 27.0. The van der Waals surface area contributed by atoms with Crippen molar-refractivity contribution in [2.75, 3.05) is 26.2 Å². The molecule has 1 aromatic heterocycles. The molecule has 1 amide bonds. The van der Waals surface area contributed by atoms with Crippen molar-refractivity contribution >= 4 is 33.1 Å². The molecule has 0 saturated carbocycles. The average Bonchev–Trinajstić information content (AvgIpc) is 3.21. The quantitative estimate of drug-likeness (QED) is 0.646. The Bertz CT molecular complexity index is 914. The van der Waals surface area contributed by atoms with Gasteiger partial charge >= 0.3 is 0 Å². The number of benzene rings is 1. The van der Waals surface area contributed by atoms with Crippen molar-refractivity contribution in [2.45, 2.75) is 31.1 Å². The Balaban J connectivity index is 1.52. The molecular formula is C20H24N2O4S2. The molecule has 0 aliphatic carbocycles. The average molecular weight is 421 g/mol. The van der Waals surface area contributed by atoms with E-state index in [9.17, 15) is 18.0 Å². The van der Waals surface area contributed by atoms with E-state index in [0.717, 1.165) is 12.8 Å². The molecule has 1 aliphatic rings. The van der Waals surface area contributed by atoms with Crippen LogP contribution in [0.2, 0.25) is 0 Å². The second kappa shape index (κ2) is 8.98. The first-order chi connectivity index (χ1) is 13.4. The van der Waals surface area contributed by atoms with Crippen LogP contribution in [0.15, 0.2) is 46.7 Å². The number of Topliss-reactive ketones (excluding diaryl/α,β-unsaturated/α-hetero) is 1. The molecule has 150 valence electrons. The summed E-state index contributed by atoms with van der Waals surface area (Å²) >= 11 is 1.70. The van der Waals surface area contributed by atoms with Crippen LogP contribution >= 0.6 is 11.3 Å². The third-order valence-corrected chi connectivity index (χ3v) is 7.73. The first-order valence-electron chi connectivity index (χ1n) is 9.29. The predicted octanol–water partition coefficient (Wildman–Crippen LogP) is 2.81. The highest BCUT2D eigenvalue weighted by Crippen LogP contribution is 2.19. The maximum absolute atomic E-state index is 12.8. The van der Waals surface area contributed by atoms with Gasteiger partial charge in [0.05, 0.1) is 4.90 Å². The lowest BCUT2D eigenvalue weighted by molar-refractivity contribution is -0.132. The normalized spacial score (nSPS) is 15.5. The highest BCUT2D eigenvalue weighted by Gasteiger charge is 2.29. The predicted molar refractivity (Wildman–Crippen MR) is 109 cm³/mol. The molecule has 0 unspecified atom stereocenters. The molecule has 1 aliphatic heterocycles. The SMILES string of the molecule is CC(=O)c1ccc(S(=O)(=O)N2CCN(C(=O)CCCc3cccs3)CC2)cc1. The third-order valence-electron chi connectivity index (χ3n) is 4.88. The van der Waals surface area contributed by atoms with E-state index in [-0.39, 0.29) is 29.7 Å². The van der Waals surface area contributed by atoms with Gasteiger partial charge in [-0.3, -0.25) is 9.59 Å². The van der Waals surface area contributed by atoms with Crippen LogP contribution in [0, 0.1) is 0 Å². The summed E-state index contributed by atoms with van der Waals surface area (Å²) in [7, 11) is -3.61. The molecule has 2 aromatic rings. The van der Waals surface area contributed by atoms with E-state index >= 15 is 0 Å². The molecule has 0 radical (unpaired) electrons. The van der Waals surface area contributed by atoms with Crippen LogP contribution in [0.3, 0.4) is 0 Å². The second-order valence-electron chi connectivity index (χ2n) is 6.80. The second-order valence-corrected chi connectivity index (χ2v) is 9.77. The van der Waals surface area contributed by atoms with Gasteiger partial charge in [0.1, 0.15) is 0 Å². The molecule has 1 aromatic carbocycles. The molecule has 8 heteroatoms. The van der Waals surface area contributed by atoms with Gasteiger partial charge in [-0.25, -0.2) is 8.42 Å². The van der Waals surface area contributed by atoms with Gasteiger partial charge in [0.15, 0.2) is 5.78 Å². The number of hydrogen-bond acceptors (Lipinski definition) is 5. The van der Waals surface area contributed by atoms with E-state index in [4.69, 9.17) is 0 Å². The number of rotatable bonds is 7. The zero-order valence-corrected chi connectivity index (χ0v) is 17.5. The Morgan fingerprint density at radius 3 is 2.29 bits per heavy atom. The summed E-state index contributed by atoms with van der Waals surface area (Å²) in [5, 5.41) is 2.03. The number of amides is 1. The van der Waals surface area contributed by atoms with Gasteiger partial charge in [0, 0.05) is 43.0 Å². The maximum Gasteiger partial charge on any atom is 0.243 e. The standard InChI is InChI=1S/C20H24N2O4S2/c1-16(23)17-7-9-19(10-8-17)28(25,26)22-13-11-21(12-14-22)20(24)6-2-4-18-5-3-15-27-18/h3,5,7-10,15H,2,4,6,11-14H2,1H3. The number of piperazine rings is 1. The van der Waals surface area contributed by atoms with Gasteiger partial charge < -0.3 is 4.90 Å². The number of nitrogens with zero attached hydrogens (tertiary/aromatic N) is 2. The van der Waals surface area contributed by atoms with Gasteiger partial charge in [-0.05, 0) is 43.3 Å². The zero-order valence-electron chi connectivity index (χ0n) is 15.8. The lowest BCUT2D eigenvalue weighted by Gasteiger charge is -2.34. The van der Waals surface area contributed by atoms with Crippen LogP contribution < -0.4 is 0 Å². The van der Waals surface area contributed by atoms with E-state index in [1.807, 2.05) is 11.4 Å². The Labute approximate surface area is 169 Å². The monoisotopic (exact) mass is 420 g/mol. The van der Waals surface area contributed by atoms with E-state index in [1.54, 1.807) is 16.2 Å². The lowest BCUT2D eigenvalue weighted by Crippen LogP contribution is -2.50. The maximum atomic E-state index is 12.8. The van der Waals surface area contributed by atoms with Crippen molar-refractivity contribution in [1.82, 2.24) is 9.21 Å². The summed E-state index contributed by atoms with van der Waals surface area (Å²) in [5.74, 6) is -0.0189. The Hall–Kier alpha value is -2.03. The van der Waals surface area contributed by atoms with E-state index < -0.39 is 10.0 Å². The topological polar surface area (TPSA) is 74.8 Å². The van der Waals surface area contributed by atoms with Gasteiger partial charge in [-0.2, -0.15) is 4.31 Å². The van der Waals surface area contributed by atoms with Crippen LogP contribution in [0.5, 0.6) is 0 Å². The summed E-state index contributed by atoms with van der Waals surface area (Å²) in [5.41, 5.74) is 0.483. The molecule has 6 nitrogen and oxygen atoms in total. The molecule has 1 fully saturated rings. The smallest absolute Gasteiger partial charge is 0.243 e. The van der Waals surface area contributed by atoms with Crippen molar-refractivity contribution in [1.29, 1.82) is 0 Å². The molecule has 3 rings (SSSR count). The number of carbonyl (C=O) groups is 2. The fraction of sp³-hybridized carbons (Fsp3) is 0.400. The Morgan fingerprint density at radius 1 is 1.04 bits per heavy atom. The molecular weight excluding hydrogens is 396 g/mol. The van der Waals surface area contributed by atoms with Crippen LogP contribution in [0.25, 0.3) is 0 Å². The van der Waals surface area contributed by atoms with E-state index in [0.29, 0.717) is 25.1 Å². The largest absolute Gasteiger partial charge is 0.340 e. The van der Waals surface area contributed by atoms with Crippen molar-refractivity contribution in [2.24, 2.45) is 0 Å². The van der Waals surface area contributed by atoms with E-state index in [1.165, 1.54) is 40.4 Å². The highest BCUT2D eigenvalue weighted by atomic mass is 32.2. The van der Waals surface area contributed by atoms with Gasteiger partial charge in [-0.15, -0.1) is 11.3 Å². The van der Waals surface area contributed by atoms with Gasteiger partial charge in [0.25, 0.3) is 0 Å². The molecule has 2 heterocycles. The van der Waals surface area contributed by atoms with Gasteiger partial charge in [-0.1, -0.05) is 18.2 Å². The summed E-state index contributed by atoms with van der Waals surface area (Å²) in [6.07, 6.45) is 2.19. The minimum Gasteiger partial charge on any atom is -0.340 e. The van der Waals surface area contributed by atoms with Crippen molar-refractivity contribution in [3.63, 3.8) is 0 Å². The number of ketones is 1. The highest BCUT2D eigenvalue weighted by molar-refractivity contribution is 7.89. The minimum absolute atomic E-state index is 0.0828. The first kappa shape index (κ1) is 20.7. The van der Waals surface area contributed by atoms with E-state index in [2.05, 4.69) is 6.07 Å². The first-order valence-corrected chi connectivity index (χ1v) is 11.6. The summed E-state index contributed by atoms with van der Waals surface area (Å²) in [4.78, 5) is 26.9. The Kier molecular flexibility index (Phi) is 6.64. The lowest BCUT2D eigenvalue weighted by atomic mass is 10.2. The molecule has 0 N–H and O–H groups in total. The van der Waals surface area contributed by atoms with Crippen LogP contribution in [0.4, 0.5) is 0 Å². The van der Waals surface area contributed by atoms with Crippen molar-refractivity contribution in [3.05, 3.63) is 52.2 Å². The fourth-order valence-corrected chi connectivity index (χ4v) is 5.39. The zero-order chi connectivity index (χ0) is 20.1. The molecule has 0 spiro atoms. The molecule has 0 atom stereocenters. The van der Waals surface area contributed by atoms with Crippen LogP contribution in [0.1, 0.15) is 35.0 Å². The molecule has 0 bridgehead atoms. The fourth-order valence-electron chi connectivity index (χ4n) is 3.22. The molecule has 1 saturated heterocycles. The van der Waals surface area contributed by atoms with Crippen molar-refractivity contribution in [3.8, 4) is 0 Å². The Morgan fingerprint density at radius 2 is 1.71 bits per heavy atom. The number of sulfonamides is 1. The third kappa shape index (κ3) is 4.87. The number of aryl methyl sites for hydroxylation is 1. The molecule has 28 heavy (non-hydrogen) atoms. The number of carbonyl (C=O) groups excluding carboxylic acids is 2. The summed E-state index contributed by atoms with van der Waals surface area (Å²) in [6, 6.07) is 10.1. The number of thiophene rings is 1. The van der Waals surface area contributed by atoms with Crippen LogP contribution in [-0.4, -0.2) is 55.5 Å². The van der Waals surface area contributed by atoms with Crippen LogP contribution in [-0.2, 0) is 21.2 Å². The van der Waals surface area contributed by atoms with Gasteiger partial charge in [0.2, 0.25) is 15.9 Å². The number of hydrogen-bond donors (Lipinski definition) is 0. The minimum atomic E-state index is -3.61. The summed E-state index contributed by atoms with van der Waals surface area (Å²) in [6.45, 7) is 2.83. The van der Waals surface area contributed by atoms with Crippen molar-refractivity contribution < 1.29 is 18.0 Å².